The summed E-state index contributed by atoms with van der Waals surface area (Å²) in [4.78, 5) is 21.6. The quantitative estimate of drug-likeness (QED) is 0.356. The van der Waals surface area contributed by atoms with E-state index in [1.807, 2.05) is 0 Å². The zero-order valence-electron chi connectivity index (χ0n) is 9.16. The fraction of sp³-hybridized carbons (Fsp3) is 0.111. The molecule has 0 saturated heterocycles. The molecule has 8 nitrogen and oxygen atoms in total. The van der Waals surface area contributed by atoms with Gasteiger partial charge in [-0.1, -0.05) is 6.07 Å². The lowest BCUT2D eigenvalue weighted by molar-refractivity contribution is -0.128. The lowest BCUT2D eigenvalue weighted by Crippen LogP contribution is -2.52. The summed E-state index contributed by atoms with van der Waals surface area (Å²) in [6.07, 6.45) is 0. The summed E-state index contributed by atoms with van der Waals surface area (Å²) in [6, 6.07) is 3.50. The molecule has 0 aromatic heterocycles. The van der Waals surface area contributed by atoms with E-state index < -0.39 is 27.9 Å². The minimum atomic E-state index is -4.10. The van der Waals surface area contributed by atoms with E-state index in [-0.39, 0.29) is 10.6 Å². The van der Waals surface area contributed by atoms with E-state index in [0.29, 0.717) is 0 Å². The highest BCUT2D eigenvalue weighted by Crippen LogP contribution is 2.12. The number of nitrogen functional groups attached to an aromatic ring is 1. The van der Waals surface area contributed by atoms with Crippen molar-refractivity contribution >= 4 is 27.5 Å². The van der Waals surface area contributed by atoms with E-state index in [1.165, 1.54) is 24.3 Å². The zero-order valence-corrected chi connectivity index (χ0v) is 9.98. The number of amides is 2. The molecule has 0 heterocycles. The van der Waals surface area contributed by atoms with Gasteiger partial charge in [0, 0.05) is 5.69 Å². The molecule has 98 valence electrons. The minimum Gasteiger partial charge on any atom is -0.399 e. The summed E-state index contributed by atoms with van der Waals surface area (Å²) < 4.78 is 25.4. The molecular formula is C9H12N4O4S. The number of hydrogen-bond acceptors (Lipinski definition) is 5. The van der Waals surface area contributed by atoms with Crippen LogP contribution in [-0.2, 0) is 19.6 Å². The lowest BCUT2D eigenvalue weighted by Gasteiger charge is -2.12. The molecule has 0 aliphatic carbocycles. The van der Waals surface area contributed by atoms with Crippen molar-refractivity contribution in [1.29, 1.82) is 0 Å². The van der Waals surface area contributed by atoms with Crippen LogP contribution in [0.2, 0.25) is 0 Å². The molecule has 18 heavy (non-hydrogen) atoms. The number of carbonyl (C=O) groups excluding carboxylic acids is 2. The van der Waals surface area contributed by atoms with Gasteiger partial charge in [0.1, 0.15) is 0 Å². The molecule has 0 bridgehead atoms. The number of nitrogens with two attached hydrogens (primary N) is 3. The predicted molar refractivity (Wildman–Crippen MR) is 63.4 cm³/mol. The van der Waals surface area contributed by atoms with Gasteiger partial charge in [-0.15, -0.1) is 0 Å². The Bertz CT molecular complexity index is 570. The van der Waals surface area contributed by atoms with Crippen LogP contribution < -0.4 is 21.9 Å². The molecule has 1 rings (SSSR count). The maximum atomic E-state index is 11.8. The summed E-state index contributed by atoms with van der Waals surface area (Å²) in [5, 5.41) is 0. The first kappa shape index (κ1) is 13.9. The second kappa shape index (κ2) is 5.02. The standard InChI is InChI=1S/C9H12N4O4S/c10-5-2-1-3-6(4-5)18(16,17)13-7(8(11)14)9(12)15/h1-4,7,13H,10H2,(H2,11,14)(H2,12,15). The summed E-state index contributed by atoms with van der Waals surface area (Å²) in [6.45, 7) is 0. The van der Waals surface area contributed by atoms with Crippen LogP contribution in [0.25, 0.3) is 0 Å². The van der Waals surface area contributed by atoms with E-state index in [0.717, 1.165) is 0 Å². The Morgan fingerprint density at radius 2 is 1.72 bits per heavy atom. The van der Waals surface area contributed by atoms with Crippen LogP contribution in [0.3, 0.4) is 0 Å². The van der Waals surface area contributed by atoms with Gasteiger partial charge in [0.25, 0.3) is 0 Å². The van der Waals surface area contributed by atoms with Gasteiger partial charge in [-0.25, -0.2) is 8.42 Å². The van der Waals surface area contributed by atoms with Gasteiger partial charge in [-0.05, 0) is 18.2 Å². The fourth-order valence-corrected chi connectivity index (χ4v) is 2.39. The highest BCUT2D eigenvalue weighted by Gasteiger charge is 2.28. The van der Waals surface area contributed by atoms with Crippen LogP contribution in [0.15, 0.2) is 29.2 Å². The fourth-order valence-electron chi connectivity index (χ4n) is 1.16. The Labute approximate surface area is 103 Å². The van der Waals surface area contributed by atoms with Crippen molar-refractivity contribution in [2.24, 2.45) is 11.5 Å². The molecule has 0 radical (unpaired) electrons. The summed E-state index contributed by atoms with van der Waals surface area (Å²) in [5.41, 5.74) is 15.4. The highest BCUT2D eigenvalue weighted by atomic mass is 32.2. The molecular weight excluding hydrogens is 260 g/mol. The van der Waals surface area contributed by atoms with Crippen LogP contribution >= 0.6 is 0 Å². The summed E-state index contributed by atoms with van der Waals surface area (Å²) >= 11 is 0. The SMILES string of the molecule is NC(=O)C(NS(=O)(=O)c1cccc(N)c1)C(N)=O. The van der Waals surface area contributed by atoms with E-state index >= 15 is 0 Å². The normalized spacial score (nSPS) is 11.4. The van der Waals surface area contributed by atoms with E-state index in [1.54, 1.807) is 4.72 Å². The second-order valence-electron chi connectivity index (χ2n) is 3.43. The monoisotopic (exact) mass is 272 g/mol. The van der Waals surface area contributed by atoms with E-state index in [4.69, 9.17) is 17.2 Å². The second-order valence-corrected chi connectivity index (χ2v) is 5.15. The molecule has 0 spiro atoms. The Balaban J connectivity index is 3.08. The van der Waals surface area contributed by atoms with Gasteiger partial charge in [-0.2, -0.15) is 4.72 Å². The number of benzene rings is 1. The van der Waals surface area contributed by atoms with Crippen molar-refractivity contribution in [2.75, 3.05) is 5.73 Å². The smallest absolute Gasteiger partial charge is 0.245 e. The molecule has 0 atom stereocenters. The first-order valence-corrected chi connectivity index (χ1v) is 6.19. The average molecular weight is 272 g/mol. The maximum Gasteiger partial charge on any atom is 0.245 e. The van der Waals surface area contributed by atoms with Gasteiger partial charge in [-0.3, -0.25) is 9.59 Å². The van der Waals surface area contributed by atoms with E-state index in [2.05, 4.69) is 0 Å². The number of nitrogens with one attached hydrogen (secondary N) is 1. The van der Waals surface area contributed by atoms with Crippen LogP contribution in [0, 0.1) is 0 Å². The largest absolute Gasteiger partial charge is 0.399 e. The molecule has 7 N–H and O–H groups in total. The van der Waals surface area contributed by atoms with Crippen molar-refractivity contribution < 1.29 is 18.0 Å². The number of rotatable bonds is 5. The van der Waals surface area contributed by atoms with Gasteiger partial charge >= 0.3 is 0 Å². The van der Waals surface area contributed by atoms with Crippen LogP contribution in [-0.4, -0.2) is 26.3 Å². The maximum absolute atomic E-state index is 11.8. The number of sulfonamides is 1. The van der Waals surface area contributed by atoms with Crippen LogP contribution in [0.1, 0.15) is 0 Å². The van der Waals surface area contributed by atoms with Crippen LogP contribution in [0.4, 0.5) is 5.69 Å². The Morgan fingerprint density at radius 3 is 2.17 bits per heavy atom. The van der Waals surface area contributed by atoms with Crippen molar-refractivity contribution in [3.05, 3.63) is 24.3 Å². The molecule has 1 aromatic carbocycles. The number of hydrogen-bond donors (Lipinski definition) is 4. The van der Waals surface area contributed by atoms with Crippen molar-refractivity contribution in [1.82, 2.24) is 4.72 Å². The molecule has 0 aliphatic rings. The first-order valence-electron chi connectivity index (χ1n) is 4.70. The number of primary amides is 2. The van der Waals surface area contributed by atoms with Crippen molar-refractivity contribution in [3.63, 3.8) is 0 Å². The summed E-state index contributed by atoms with van der Waals surface area (Å²) in [7, 11) is -4.10. The molecule has 0 aliphatic heterocycles. The Hall–Kier alpha value is -2.13. The lowest BCUT2D eigenvalue weighted by atomic mass is 10.3. The van der Waals surface area contributed by atoms with Crippen molar-refractivity contribution in [3.8, 4) is 0 Å². The average Bonchev–Trinajstić information content (AvgIpc) is 2.25. The predicted octanol–water partition coefficient (Wildman–Crippen LogP) is -2.11. The van der Waals surface area contributed by atoms with Crippen molar-refractivity contribution in [2.45, 2.75) is 10.9 Å². The van der Waals surface area contributed by atoms with E-state index in [9.17, 15) is 18.0 Å². The molecule has 0 fully saturated rings. The van der Waals surface area contributed by atoms with Gasteiger partial charge in [0.05, 0.1) is 4.90 Å². The first-order chi connectivity index (χ1) is 8.24. The third kappa shape index (κ3) is 3.18. The Kier molecular flexibility index (Phi) is 3.89. The molecule has 0 unspecified atom stereocenters. The molecule has 1 aromatic rings. The number of anilines is 1. The van der Waals surface area contributed by atoms with Gasteiger partial charge in [0.2, 0.25) is 21.8 Å². The van der Waals surface area contributed by atoms with Gasteiger partial charge < -0.3 is 17.2 Å². The molecule has 0 saturated carbocycles. The minimum absolute atomic E-state index is 0.199. The third-order valence-electron chi connectivity index (χ3n) is 2.01. The molecule has 2 amide bonds. The van der Waals surface area contributed by atoms with Crippen LogP contribution in [0.5, 0.6) is 0 Å². The number of carbonyl (C=O) groups is 2. The zero-order chi connectivity index (χ0) is 13.9. The Morgan fingerprint density at radius 1 is 1.17 bits per heavy atom. The topological polar surface area (TPSA) is 158 Å². The third-order valence-corrected chi connectivity index (χ3v) is 3.43. The molecule has 9 heteroatoms. The highest BCUT2D eigenvalue weighted by molar-refractivity contribution is 7.89. The van der Waals surface area contributed by atoms with Gasteiger partial charge in [0.15, 0.2) is 6.04 Å². The summed E-state index contributed by atoms with van der Waals surface area (Å²) in [5.74, 6) is -2.37.